The summed E-state index contributed by atoms with van der Waals surface area (Å²) in [6, 6.07) is 22.0. The maximum Gasteiger partial charge on any atom is 0.160 e. The van der Waals surface area contributed by atoms with Gasteiger partial charge in [0.25, 0.3) is 0 Å². The Morgan fingerprint density at radius 2 is 1.61 bits per heavy atom. The van der Waals surface area contributed by atoms with Gasteiger partial charge in [-0.3, -0.25) is 0 Å². The van der Waals surface area contributed by atoms with E-state index in [1.54, 1.807) is 6.20 Å². The van der Waals surface area contributed by atoms with E-state index in [1.807, 2.05) is 54.6 Å². The van der Waals surface area contributed by atoms with Gasteiger partial charge in [0.1, 0.15) is 5.75 Å². The van der Waals surface area contributed by atoms with E-state index >= 15 is 0 Å². The summed E-state index contributed by atoms with van der Waals surface area (Å²) >= 11 is 2.25. The Morgan fingerprint density at radius 3 is 2.30 bits per heavy atom. The van der Waals surface area contributed by atoms with Gasteiger partial charge in [-0.05, 0) is 57.6 Å². The number of hydrogen-bond donors (Lipinski definition) is 2. The molecule has 0 aliphatic heterocycles. The quantitative estimate of drug-likeness (QED) is 0.333. The smallest absolute Gasteiger partial charge is 0.160 e. The topological polar surface area (TPSA) is 45.1 Å². The van der Waals surface area contributed by atoms with Gasteiger partial charge >= 0.3 is 0 Å². The third-order valence-electron chi connectivity index (χ3n) is 3.33. The number of para-hydroxylation sites is 1. The molecule has 0 unspecified atom stereocenters. The Balaban J connectivity index is 1.84. The van der Waals surface area contributed by atoms with Crippen LogP contribution >= 0.6 is 22.6 Å². The Kier molecular flexibility index (Phi) is 4.92. The lowest BCUT2D eigenvalue weighted by Crippen LogP contribution is -2.01. The van der Waals surface area contributed by atoms with E-state index in [-0.39, 0.29) is 0 Å². The largest absolute Gasteiger partial charge is 0.453 e. The van der Waals surface area contributed by atoms with Crippen LogP contribution in [0.5, 0.6) is 5.75 Å². The van der Waals surface area contributed by atoms with E-state index in [9.17, 15) is 0 Å². The summed E-state index contributed by atoms with van der Waals surface area (Å²) in [7, 11) is 0. The van der Waals surface area contributed by atoms with Crippen LogP contribution in [0.15, 0.2) is 78.7 Å². The molecule has 0 saturated heterocycles. The Hall–Kier alpha value is -2.34. The van der Waals surface area contributed by atoms with Gasteiger partial charge in [-0.15, -0.1) is 0 Å². The predicted octanol–water partition coefficient (Wildman–Crippen LogP) is 5.43. The molecule has 3 aromatic carbocycles. The molecule has 0 spiro atoms. The van der Waals surface area contributed by atoms with Crippen LogP contribution in [0.4, 0.5) is 5.69 Å². The summed E-state index contributed by atoms with van der Waals surface area (Å²) in [6.45, 7) is 0. The molecule has 0 aromatic heterocycles. The highest BCUT2D eigenvalue weighted by Crippen LogP contribution is 2.28. The third-order valence-corrected chi connectivity index (χ3v) is 4.17. The second kappa shape index (κ2) is 7.28. The SMILES string of the molecule is N=C/C(=C\Nc1ccccc1)Oc1cc2ccccc2cc1I. The average molecular weight is 414 g/mol. The van der Waals surface area contributed by atoms with Gasteiger partial charge in [-0.25, -0.2) is 0 Å². The minimum atomic E-state index is 0.446. The molecule has 0 aliphatic rings. The Morgan fingerprint density at radius 1 is 0.957 bits per heavy atom. The van der Waals surface area contributed by atoms with E-state index in [2.05, 4.69) is 40.0 Å². The van der Waals surface area contributed by atoms with Crippen molar-refractivity contribution in [3.8, 4) is 5.75 Å². The summed E-state index contributed by atoms with van der Waals surface area (Å²) < 4.78 is 6.88. The number of nitrogens with one attached hydrogen (secondary N) is 2. The van der Waals surface area contributed by atoms with Crippen molar-refractivity contribution in [2.24, 2.45) is 0 Å². The van der Waals surface area contributed by atoms with E-state index in [4.69, 9.17) is 10.1 Å². The van der Waals surface area contributed by atoms with Crippen molar-refractivity contribution in [3.63, 3.8) is 0 Å². The molecular weight excluding hydrogens is 399 g/mol. The lowest BCUT2D eigenvalue weighted by atomic mass is 10.1. The van der Waals surface area contributed by atoms with Crippen LogP contribution in [0.1, 0.15) is 0 Å². The zero-order valence-electron chi connectivity index (χ0n) is 12.3. The van der Waals surface area contributed by atoms with Crippen molar-refractivity contribution in [1.82, 2.24) is 0 Å². The first-order valence-corrected chi connectivity index (χ1v) is 8.22. The van der Waals surface area contributed by atoms with Gasteiger partial charge in [-0.2, -0.15) is 0 Å². The normalized spacial score (nSPS) is 11.3. The number of ether oxygens (including phenoxy) is 1. The Bertz CT molecular complexity index is 860. The second-order valence-corrected chi connectivity index (χ2v) is 6.10. The molecule has 2 N–H and O–H groups in total. The van der Waals surface area contributed by atoms with E-state index < -0.39 is 0 Å². The first-order chi connectivity index (χ1) is 11.3. The minimum Gasteiger partial charge on any atom is -0.453 e. The van der Waals surface area contributed by atoms with Crippen LogP contribution in [0.25, 0.3) is 10.8 Å². The molecule has 0 radical (unpaired) electrons. The molecule has 4 heteroatoms. The molecule has 23 heavy (non-hydrogen) atoms. The Labute approximate surface area is 148 Å². The fourth-order valence-corrected chi connectivity index (χ4v) is 2.79. The summed E-state index contributed by atoms with van der Waals surface area (Å²) in [5.74, 6) is 1.19. The zero-order valence-corrected chi connectivity index (χ0v) is 14.4. The number of fused-ring (bicyclic) bond motifs is 1. The third kappa shape index (κ3) is 3.90. The van der Waals surface area contributed by atoms with Gasteiger partial charge < -0.3 is 15.5 Å². The lowest BCUT2D eigenvalue weighted by Gasteiger charge is -2.10. The predicted molar refractivity (Wildman–Crippen MR) is 104 cm³/mol. The van der Waals surface area contributed by atoms with Crippen molar-refractivity contribution < 1.29 is 4.74 Å². The highest BCUT2D eigenvalue weighted by molar-refractivity contribution is 14.1. The fourth-order valence-electron chi connectivity index (χ4n) is 2.19. The van der Waals surface area contributed by atoms with Crippen LogP contribution in [0.2, 0.25) is 0 Å². The van der Waals surface area contributed by atoms with Gasteiger partial charge in [-0.1, -0.05) is 42.5 Å². The van der Waals surface area contributed by atoms with Gasteiger partial charge in [0.2, 0.25) is 0 Å². The monoisotopic (exact) mass is 414 g/mol. The minimum absolute atomic E-state index is 0.446. The fraction of sp³-hybridized carbons (Fsp3) is 0. The molecule has 0 amide bonds. The summed E-state index contributed by atoms with van der Waals surface area (Å²) in [6.07, 6.45) is 2.88. The van der Waals surface area contributed by atoms with Crippen molar-refractivity contribution in [3.05, 3.63) is 82.3 Å². The molecule has 114 valence electrons. The molecule has 0 bridgehead atoms. The van der Waals surface area contributed by atoms with Gasteiger partial charge in [0, 0.05) is 11.9 Å². The molecule has 0 heterocycles. The number of benzene rings is 3. The van der Waals surface area contributed by atoms with Gasteiger partial charge in [0.15, 0.2) is 5.76 Å². The molecule has 0 atom stereocenters. The van der Waals surface area contributed by atoms with Crippen molar-refractivity contribution in [2.75, 3.05) is 5.32 Å². The van der Waals surface area contributed by atoms with Crippen molar-refractivity contribution in [2.45, 2.75) is 0 Å². The maximum atomic E-state index is 7.55. The highest BCUT2D eigenvalue weighted by atomic mass is 127. The number of allylic oxidation sites excluding steroid dienone is 1. The average Bonchev–Trinajstić information content (AvgIpc) is 2.59. The molecule has 3 nitrogen and oxygen atoms in total. The number of hydrogen-bond acceptors (Lipinski definition) is 3. The lowest BCUT2D eigenvalue weighted by molar-refractivity contribution is 0.453. The molecule has 0 fully saturated rings. The van der Waals surface area contributed by atoms with E-state index in [0.29, 0.717) is 5.76 Å². The number of rotatable bonds is 5. The molecule has 3 rings (SSSR count). The van der Waals surface area contributed by atoms with Crippen LogP contribution in [-0.4, -0.2) is 6.21 Å². The van der Waals surface area contributed by atoms with E-state index in [0.717, 1.165) is 20.4 Å². The number of halogens is 1. The van der Waals surface area contributed by atoms with Crippen LogP contribution in [0.3, 0.4) is 0 Å². The van der Waals surface area contributed by atoms with E-state index in [1.165, 1.54) is 11.6 Å². The first-order valence-electron chi connectivity index (χ1n) is 7.14. The van der Waals surface area contributed by atoms with Crippen LogP contribution < -0.4 is 10.1 Å². The summed E-state index contributed by atoms with van der Waals surface area (Å²) in [4.78, 5) is 0. The molecule has 3 aromatic rings. The first kappa shape index (κ1) is 15.6. The second-order valence-electron chi connectivity index (χ2n) is 4.93. The number of anilines is 1. The molecule has 0 aliphatic carbocycles. The summed E-state index contributed by atoms with van der Waals surface area (Å²) in [5.41, 5.74) is 0.948. The highest BCUT2D eigenvalue weighted by Gasteiger charge is 2.06. The zero-order chi connectivity index (χ0) is 16.1. The van der Waals surface area contributed by atoms with Crippen molar-refractivity contribution >= 4 is 45.3 Å². The summed E-state index contributed by atoms with van der Waals surface area (Å²) in [5, 5.41) is 13.0. The van der Waals surface area contributed by atoms with Gasteiger partial charge in [0.05, 0.1) is 9.78 Å². The standard InChI is InChI=1S/C19H15IN2O/c20-18-10-14-6-4-5-7-15(14)11-19(18)23-17(12-21)13-22-16-8-2-1-3-9-16/h1-13,21-22H/b17-13+,21-12?. The maximum absolute atomic E-state index is 7.55. The van der Waals surface area contributed by atoms with Crippen molar-refractivity contribution in [1.29, 1.82) is 5.41 Å². The molecule has 0 saturated carbocycles. The van der Waals surface area contributed by atoms with Crippen LogP contribution in [0, 0.1) is 8.98 Å². The molecular formula is C19H15IN2O. The van der Waals surface area contributed by atoms with Crippen LogP contribution in [-0.2, 0) is 0 Å².